The van der Waals surface area contributed by atoms with Gasteiger partial charge in [0.25, 0.3) is 0 Å². The highest BCUT2D eigenvalue weighted by molar-refractivity contribution is 5.49. The van der Waals surface area contributed by atoms with Crippen molar-refractivity contribution in [1.82, 2.24) is 10.2 Å². The summed E-state index contributed by atoms with van der Waals surface area (Å²) in [6, 6.07) is 2.22. The molecule has 0 unspecified atom stereocenters. The number of nitrogens with two attached hydrogens (primary N) is 1. The van der Waals surface area contributed by atoms with Crippen LogP contribution in [0.5, 0.6) is 5.88 Å². The third-order valence-electron chi connectivity index (χ3n) is 3.96. The lowest BCUT2D eigenvalue weighted by Crippen LogP contribution is -2.25. The van der Waals surface area contributed by atoms with Gasteiger partial charge >= 0.3 is 0 Å². The summed E-state index contributed by atoms with van der Waals surface area (Å²) in [4.78, 5) is 0. The lowest BCUT2D eigenvalue weighted by Gasteiger charge is -2.31. The fourth-order valence-electron chi connectivity index (χ4n) is 3.03. The lowest BCUT2D eigenvalue weighted by molar-refractivity contribution is 0.339. The second-order valence-electron chi connectivity index (χ2n) is 5.08. The largest absolute Gasteiger partial charge is 0.420 e. The van der Waals surface area contributed by atoms with Gasteiger partial charge in [-0.3, -0.25) is 5.10 Å². The second-order valence-corrected chi connectivity index (χ2v) is 5.08. The number of aryl methyl sites for hydroxylation is 1. The lowest BCUT2D eigenvalue weighted by atomic mass is 9.74. The molecule has 1 aromatic heterocycles. The number of rotatable bonds is 1. The van der Waals surface area contributed by atoms with Crippen LogP contribution >= 0.6 is 0 Å². The van der Waals surface area contributed by atoms with Crippen LogP contribution in [-0.4, -0.2) is 10.2 Å². The molecule has 5 heteroatoms. The van der Waals surface area contributed by atoms with Crippen LogP contribution in [0.2, 0.25) is 0 Å². The molecule has 1 aliphatic carbocycles. The van der Waals surface area contributed by atoms with E-state index < -0.39 is 0 Å². The zero-order valence-electron chi connectivity index (χ0n) is 10.8. The van der Waals surface area contributed by atoms with E-state index in [-0.39, 0.29) is 11.8 Å². The third kappa shape index (κ3) is 1.80. The van der Waals surface area contributed by atoms with E-state index in [1.54, 1.807) is 0 Å². The Hall–Kier alpha value is -2.22. The number of aromatic nitrogens is 2. The molecular weight excluding hydrogens is 240 g/mol. The molecule has 1 aromatic rings. The molecule has 0 aromatic carbocycles. The summed E-state index contributed by atoms with van der Waals surface area (Å²) in [5.41, 5.74) is 8.36. The number of nitriles is 1. The maximum Gasteiger partial charge on any atom is 0.243 e. The van der Waals surface area contributed by atoms with Crippen LogP contribution in [0.25, 0.3) is 0 Å². The van der Waals surface area contributed by atoms with Crippen LogP contribution in [0.1, 0.15) is 36.4 Å². The number of aromatic amines is 1. The smallest absolute Gasteiger partial charge is 0.243 e. The molecule has 0 bridgehead atoms. The van der Waals surface area contributed by atoms with Crippen molar-refractivity contribution in [3.05, 3.63) is 34.9 Å². The molecule has 19 heavy (non-hydrogen) atoms. The molecule has 2 aliphatic rings. The summed E-state index contributed by atoms with van der Waals surface area (Å²) in [6.07, 6.45) is 7.45. The van der Waals surface area contributed by atoms with E-state index in [2.05, 4.69) is 28.4 Å². The van der Waals surface area contributed by atoms with E-state index in [1.807, 2.05) is 6.92 Å². The normalized spacial score (nSPS) is 25.7. The third-order valence-corrected chi connectivity index (χ3v) is 3.96. The average Bonchev–Trinajstić information content (AvgIpc) is 2.79. The number of hydrogen-bond acceptors (Lipinski definition) is 4. The van der Waals surface area contributed by atoms with Crippen molar-refractivity contribution in [3.63, 3.8) is 0 Å². The predicted octanol–water partition coefficient (Wildman–Crippen LogP) is 2.24. The van der Waals surface area contributed by atoms with Gasteiger partial charge in [-0.25, -0.2) is 0 Å². The number of nitrogens with zero attached hydrogens (tertiary/aromatic N) is 2. The molecular formula is C14H16N4O. The highest BCUT2D eigenvalue weighted by Gasteiger charge is 2.37. The number of hydrogen-bond donors (Lipinski definition) is 2. The zero-order chi connectivity index (χ0) is 13.4. The van der Waals surface area contributed by atoms with Crippen molar-refractivity contribution in [1.29, 1.82) is 5.26 Å². The van der Waals surface area contributed by atoms with Gasteiger partial charge in [0.1, 0.15) is 6.07 Å². The van der Waals surface area contributed by atoms with Gasteiger partial charge in [-0.2, -0.15) is 5.26 Å². The summed E-state index contributed by atoms with van der Waals surface area (Å²) >= 11 is 0. The van der Waals surface area contributed by atoms with Crippen molar-refractivity contribution < 1.29 is 4.74 Å². The monoisotopic (exact) mass is 256 g/mol. The molecule has 98 valence electrons. The molecule has 0 amide bonds. The van der Waals surface area contributed by atoms with Crippen molar-refractivity contribution >= 4 is 0 Å². The summed E-state index contributed by atoms with van der Waals surface area (Å²) < 4.78 is 5.45. The molecule has 1 aliphatic heterocycles. The topological polar surface area (TPSA) is 87.7 Å². The minimum absolute atomic E-state index is 0.00236. The Morgan fingerprint density at radius 1 is 1.53 bits per heavy atom. The molecule has 0 saturated carbocycles. The first kappa shape index (κ1) is 11.8. The fourth-order valence-corrected chi connectivity index (χ4v) is 3.03. The van der Waals surface area contributed by atoms with Crippen molar-refractivity contribution in [2.24, 2.45) is 11.7 Å². The van der Waals surface area contributed by atoms with Gasteiger partial charge < -0.3 is 10.5 Å². The number of H-pyrrole nitrogens is 1. The van der Waals surface area contributed by atoms with Gasteiger partial charge in [0.05, 0.1) is 5.57 Å². The average molecular weight is 256 g/mol. The summed E-state index contributed by atoms with van der Waals surface area (Å²) in [7, 11) is 0. The Labute approximate surface area is 111 Å². The molecule has 3 rings (SSSR count). The highest BCUT2D eigenvalue weighted by atomic mass is 16.5. The minimum Gasteiger partial charge on any atom is -0.420 e. The maximum atomic E-state index is 9.40. The highest BCUT2D eigenvalue weighted by Crippen LogP contribution is 2.46. The Balaban J connectivity index is 2.10. The number of allylic oxidation sites excluding steroid dienone is 3. The Morgan fingerprint density at radius 3 is 3.05 bits per heavy atom. The number of nitrogens with one attached hydrogen (secondary N) is 1. The van der Waals surface area contributed by atoms with Crippen LogP contribution in [0.4, 0.5) is 0 Å². The maximum absolute atomic E-state index is 9.40. The van der Waals surface area contributed by atoms with Crippen LogP contribution in [0.3, 0.4) is 0 Å². The van der Waals surface area contributed by atoms with E-state index in [1.165, 1.54) is 0 Å². The zero-order valence-corrected chi connectivity index (χ0v) is 10.8. The summed E-state index contributed by atoms with van der Waals surface area (Å²) in [5, 5.41) is 16.5. The summed E-state index contributed by atoms with van der Waals surface area (Å²) in [6.45, 7) is 1.96. The van der Waals surface area contributed by atoms with E-state index in [4.69, 9.17) is 10.5 Å². The van der Waals surface area contributed by atoms with Gasteiger partial charge in [0.2, 0.25) is 11.8 Å². The van der Waals surface area contributed by atoms with Crippen LogP contribution in [0.15, 0.2) is 23.6 Å². The van der Waals surface area contributed by atoms with Crippen molar-refractivity contribution in [3.8, 4) is 11.9 Å². The SMILES string of the molecule is Cc1[nH]nc2c1[C@@H]([C@@H]1CC=CCC1)C(C#N)=C(N)O2. The van der Waals surface area contributed by atoms with Crippen LogP contribution in [-0.2, 0) is 0 Å². The van der Waals surface area contributed by atoms with Gasteiger partial charge in [0, 0.05) is 17.2 Å². The second kappa shape index (κ2) is 4.47. The predicted molar refractivity (Wildman–Crippen MR) is 70.0 cm³/mol. The minimum atomic E-state index is -0.00236. The molecule has 2 heterocycles. The molecule has 0 spiro atoms. The first-order valence-corrected chi connectivity index (χ1v) is 6.49. The molecule has 0 fully saturated rings. The quantitative estimate of drug-likeness (QED) is 0.754. The molecule has 0 saturated heterocycles. The number of fused-ring (bicyclic) bond motifs is 1. The summed E-state index contributed by atoms with van der Waals surface area (Å²) in [5.74, 6) is 1.10. The van der Waals surface area contributed by atoms with Crippen LogP contribution < -0.4 is 10.5 Å². The van der Waals surface area contributed by atoms with Gasteiger partial charge in [-0.15, -0.1) is 5.10 Å². The Kier molecular flexibility index (Phi) is 2.79. The fraction of sp³-hybridized carbons (Fsp3) is 0.429. The first-order chi connectivity index (χ1) is 9.22. The molecule has 2 atom stereocenters. The number of ether oxygens (including phenoxy) is 1. The van der Waals surface area contributed by atoms with E-state index >= 15 is 0 Å². The molecule has 5 nitrogen and oxygen atoms in total. The van der Waals surface area contributed by atoms with Crippen LogP contribution in [0, 0.1) is 24.2 Å². The van der Waals surface area contributed by atoms with Gasteiger partial charge in [-0.1, -0.05) is 12.2 Å². The van der Waals surface area contributed by atoms with Gasteiger partial charge in [0.15, 0.2) is 0 Å². The van der Waals surface area contributed by atoms with Crippen molar-refractivity contribution in [2.75, 3.05) is 0 Å². The Bertz CT molecular complexity index is 605. The first-order valence-electron chi connectivity index (χ1n) is 6.49. The standard InChI is InChI=1S/C14H16N4O/c1-8-11-12(9-5-3-2-4-6-9)10(7-15)13(16)19-14(11)18-17-8/h2-3,9,12H,4-6,16H2,1H3,(H,17,18)/t9-,12+/m1/s1. The molecule has 3 N–H and O–H groups in total. The van der Waals surface area contributed by atoms with Crippen molar-refractivity contribution in [2.45, 2.75) is 32.1 Å². The van der Waals surface area contributed by atoms with E-state index in [0.29, 0.717) is 17.4 Å². The van der Waals surface area contributed by atoms with Gasteiger partial charge in [-0.05, 0) is 32.1 Å². The Morgan fingerprint density at radius 2 is 2.37 bits per heavy atom. The van der Waals surface area contributed by atoms with E-state index in [9.17, 15) is 5.26 Å². The molecule has 0 radical (unpaired) electrons. The van der Waals surface area contributed by atoms with E-state index in [0.717, 1.165) is 30.5 Å².